The van der Waals surface area contributed by atoms with E-state index in [0.29, 0.717) is 40.5 Å². The molecule has 0 aliphatic rings. The van der Waals surface area contributed by atoms with Crippen molar-refractivity contribution in [1.29, 1.82) is 0 Å². The van der Waals surface area contributed by atoms with Crippen LogP contribution in [0.15, 0.2) is 75.5 Å². The Morgan fingerprint density at radius 2 is 1.97 bits per heavy atom. The lowest BCUT2D eigenvalue weighted by Crippen LogP contribution is -2.29. The number of nitrogens with one attached hydrogen (secondary N) is 1. The fourth-order valence-electron chi connectivity index (χ4n) is 3.48. The van der Waals surface area contributed by atoms with E-state index in [0.717, 1.165) is 5.52 Å². The van der Waals surface area contributed by atoms with Gasteiger partial charge in [-0.25, -0.2) is 19.0 Å². The lowest BCUT2D eigenvalue weighted by molar-refractivity contribution is -0.118. The molecule has 0 unspecified atom stereocenters. The van der Waals surface area contributed by atoms with E-state index in [9.17, 15) is 14.0 Å². The minimum atomic E-state index is -0.379. The number of hydrogen-bond acceptors (Lipinski definition) is 7. The van der Waals surface area contributed by atoms with Crippen LogP contribution in [0.5, 0.6) is 0 Å². The van der Waals surface area contributed by atoms with Gasteiger partial charge in [-0.1, -0.05) is 42.1 Å². The number of thioether (sulfide) groups is 1. The molecule has 5 aromatic rings. The normalized spacial score (nSPS) is 11.3. The number of benzene rings is 2. The minimum Gasteiger partial charge on any atom is -0.431 e. The number of carbonyl (C=O) groups excluding carboxylic acids is 1. The van der Waals surface area contributed by atoms with Gasteiger partial charge in [0, 0.05) is 12.1 Å². The summed E-state index contributed by atoms with van der Waals surface area (Å²) in [5, 5.41) is 7.80. The lowest BCUT2D eigenvalue weighted by Gasteiger charge is -2.08. The Morgan fingerprint density at radius 1 is 1.15 bits per heavy atom. The number of rotatable bonds is 8. The molecule has 9 nitrogen and oxygen atoms in total. The van der Waals surface area contributed by atoms with Crippen molar-refractivity contribution in [2.45, 2.75) is 18.3 Å². The second-order valence-electron chi connectivity index (χ2n) is 7.46. The number of fused-ring (bicyclic) bond motifs is 2. The highest BCUT2D eigenvalue weighted by Gasteiger charge is 2.13. The average Bonchev–Trinajstić information content (AvgIpc) is 3.45. The quantitative estimate of drug-likeness (QED) is 0.342. The molecule has 11 heteroatoms. The molecule has 0 saturated carbocycles. The molecule has 0 saturated heterocycles. The highest BCUT2D eigenvalue weighted by Crippen LogP contribution is 2.22. The highest BCUT2D eigenvalue weighted by atomic mass is 32.2. The maximum Gasteiger partial charge on any atom is 0.264 e. The molecule has 0 aliphatic carbocycles. The van der Waals surface area contributed by atoms with E-state index in [4.69, 9.17) is 4.42 Å². The van der Waals surface area contributed by atoms with Gasteiger partial charge in [0.05, 0.1) is 25.0 Å². The Balaban J connectivity index is 1.18. The topological polar surface area (TPSA) is 108 Å². The zero-order valence-electron chi connectivity index (χ0n) is 17.8. The summed E-state index contributed by atoms with van der Waals surface area (Å²) in [7, 11) is 0. The van der Waals surface area contributed by atoms with E-state index in [1.165, 1.54) is 34.9 Å². The van der Waals surface area contributed by atoms with E-state index < -0.39 is 0 Å². The van der Waals surface area contributed by atoms with Crippen molar-refractivity contribution in [1.82, 2.24) is 29.6 Å². The van der Waals surface area contributed by atoms with Gasteiger partial charge in [-0.05, 0) is 18.2 Å². The molecule has 5 rings (SSSR count). The number of amides is 1. The van der Waals surface area contributed by atoms with Gasteiger partial charge in [0.25, 0.3) is 10.8 Å². The predicted octanol–water partition coefficient (Wildman–Crippen LogP) is 2.83. The third-order valence-corrected chi connectivity index (χ3v) is 6.00. The van der Waals surface area contributed by atoms with Crippen LogP contribution in [0, 0.1) is 5.82 Å². The maximum atomic E-state index is 13.9. The zero-order valence-corrected chi connectivity index (χ0v) is 18.7. The highest BCUT2D eigenvalue weighted by molar-refractivity contribution is 7.99. The standard InChI is InChI=1S/C23H19FN6O3S/c24-17-6-2-1-5-15(17)12-29-14-26-21-16(22(29)32)11-27-30(21)10-9-25-20(31)13-34-23-28-18-7-3-4-8-19(18)33-23/h1-8,11,14H,9-10,12-13H2,(H,25,31). The van der Waals surface area contributed by atoms with Gasteiger partial charge in [-0.3, -0.25) is 14.2 Å². The van der Waals surface area contributed by atoms with Crippen LogP contribution in [0.25, 0.3) is 22.1 Å². The Labute approximate surface area is 196 Å². The number of carbonyl (C=O) groups is 1. The summed E-state index contributed by atoms with van der Waals surface area (Å²) in [4.78, 5) is 33.6. The van der Waals surface area contributed by atoms with Crippen molar-refractivity contribution in [3.63, 3.8) is 0 Å². The monoisotopic (exact) mass is 478 g/mol. The summed E-state index contributed by atoms with van der Waals surface area (Å²) >= 11 is 1.21. The van der Waals surface area contributed by atoms with Crippen LogP contribution in [0.1, 0.15) is 5.56 Å². The van der Waals surface area contributed by atoms with Gasteiger partial charge in [0.2, 0.25) is 5.91 Å². The van der Waals surface area contributed by atoms with Crippen molar-refractivity contribution >= 4 is 39.8 Å². The smallest absolute Gasteiger partial charge is 0.264 e. The van der Waals surface area contributed by atoms with E-state index in [1.807, 2.05) is 24.3 Å². The first-order valence-corrected chi connectivity index (χ1v) is 11.5. The fourth-order valence-corrected chi connectivity index (χ4v) is 4.14. The molecule has 0 bridgehead atoms. The summed E-state index contributed by atoms with van der Waals surface area (Å²) in [6.07, 6.45) is 2.82. The molecular formula is C23H19FN6O3S. The van der Waals surface area contributed by atoms with E-state index in [2.05, 4.69) is 20.4 Å². The van der Waals surface area contributed by atoms with Crippen LogP contribution < -0.4 is 10.9 Å². The molecule has 34 heavy (non-hydrogen) atoms. The molecule has 3 aromatic heterocycles. The molecule has 3 heterocycles. The fraction of sp³-hybridized carbons (Fsp3) is 0.174. The molecule has 0 radical (unpaired) electrons. The largest absolute Gasteiger partial charge is 0.431 e. The number of para-hydroxylation sites is 2. The Bertz CT molecular complexity index is 1510. The van der Waals surface area contributed by atoms with Crippen molar-refractivity contribution in [3.05, 3.63) is 82.8 Å². The van der Waals surface area contributed by atoms with Gasteiger partial charge in [-0.2, -0.15) is 5.10 Å². The molecule has 0 spiro atoms. The minimum absolute atomic E-state index is 0.0768. The van der Waals surface area contributed by atoms with Crippen LogP contribution in [-0.2, 0) is 17.9 Å². The Hall–Kier alpha value is -3.99. The summed E-state index contributed by atoms with van der Waals surface area (Å²) < 4.78 is 22.4. The summed E-state index contributed by atoms with van der Waals surface area (Å²) in [5.74, 6) is -0.398. The molecule has 1 N–H and O–H groups in total. The first-order chi connectivity index (χ1) is 16.6. The van der Waals surface area contributed by atoms with Crippen molar-refractivity contribution in [2.75, 3.05) is 12.3 Å². The third-order valence-electron chi connectivity index (χ3n) is 5.17. The van der Waals surface area contributed by atoms with Crippen LogP contribution in [0.2, 0.25) is 0 Å². The maximum absolute atomic E-state index is 13.9. The number of halogens is 1. The molecule has 1 amide bonds. The molecule has 0 atom stereocenters. The van der Waals surface area contributed by atoms with Gasteiger partial charge in [0.1, 0.15) is 23.0 Å². The third kappa shape index (κ3) is 4.55. The van der Waals surface area contributed by atoms with E-state index in [1.54, 1.807) is 22.9 Å². The summed E-state index contributed by atoms with van der Waals surface area (Å²) in [5.41, 5.74) is 1.92. The van der Waals surface area contributed by atoms with Crippen LogP contribution in [0.4, 0.5) is 4.39 Å². The molecular weight excluding hydrogens is 459 g/mol. The summed E-state index contributed by atoms with van der Waals surface area (Å²) in [6, 6.07) is 13.7. The average molecular weight is 479 g/mol. The van der Waals surface area contributed by atoms with E-state index >= 15 is 0 Å². The second kappa shape index (κ2) is 9.48. The van der Waals surface area contributed by atoms with Crippen molar-refractivity contribution in [3.8, 4) is 0 Å². The second-order valence-corrected chi connectivity index (χ2v) is 8.39. The SMILES string of the molecule is O=C(CSc1nc2ccccc2o1)NCCn1ncc2c(=O)n(Cc3ccccc3F)cnc21. The van der Waals surface area contributed by atoms with Gasteiger partial charge < -0.3 is 9.73 Å². The molecule has 172 valence electrons. The zero-order chi connectivity index (χ0) is 23.5. The number of hydrogen-bond donors (Lipinski definition) is 1. The lowest BCUT2D eigenvalue weighted by atomic mass is 10.2. The molecule has 0 fully saturated rings. The van der Waals surface area contributed by atoms with Crippen LogP contribution in [0.3, 0.4) is 0 Å². The van der Waals surface area contributed by atoms with E-state index in [-0.39, 0.29) is 29.6 Å². The number of aromatic nitrogens is 5. The number of oxazole rings is 1. The molecule has 0 aliphatic heterocycles. The Morgan fingerprint density at radius 3 is 2.82 bits per heavy atom. The first-order valence-electron chi connectivity index (χ1n) is 10.5. The predicted molar refractivity (Wildman–Crippen MR) is 125 cm³/mol. The first kappa shape index (κ1) is 21.8. The van der Waals surface area contributed by atoms with Crippen molar-refractivity contribution in [2.24, 2.45) is 0 Å². The van der Waals surface area contributed by atoms with Gasteiger partial charge in [0.15, 0.2) is 11.2 Å². The summed E-state index contributed by atoms with van der Waals surface area (Å²) in [6.45, 7) is 0.726. The Kier molecular flexibility index (Phi) is 6.09. The van der Waals surface area contributed by atoms with Crippen LogP contribution in [-0.4, -0.2) is 42.5 Å². The molecule has 2 aromatic carbocycles. The van der Waals surface area contributed by atoms with Gasteiger partial charge >= 0.3 is 0 Å². The van der Waals surface area contributed by atoms with Crippen LogP contribution >= 0.6 is 11.8 Å². The van der Waals surface area contributed by atoms with Crippen molar-refractivity contribution < 1.29 is 13.6 Å². The van der Waals surface area contributed by atoms with Gasteiger partial charge in [-0.15, -0.1) is 0 Å². The number of nitrogens with zero attached hydrogens (tertiary/aromatic N) is 5.